The lowest BCUT2D eigenvalue weighted by atomic mass is 9.99. The van der Waals surface area contributed by atoms with Crippen molar-refractivity contribution in [3.8, 4) is 0 Å². The van der Waals surface area contributed by atoms with Gasteiger partial charge in [-0.3, -0.25) is 9.59 Å². The van der Waals surface area contributed by atoms with Crippen molar-refractivity contribution in [2.75, 3.05) is 20.3 Å². The monoisotopic (exact) mass is 270 g/mol. The van der Waals surface area contributed by atoms with E-state index in [9.17, 15) is 9.59 Å². The highest BCUT2D eigenvalue weighted by Gasteiger charge is 2.36. The first kappa shape index (κ1) is 16.0. The van der Waals surface area contributed by atoms with Crippen molar-refractivity contribution in [1.29, 1.82) is 0 Å². The van der Waals surface area contributed by atoms with Crippen molar-refractivity contribution >= 4 is 11.8 Å². The molecule has 2 atom stereocenters. The first-order valence-corrected chi connectivity index (χ1v) is 7.08. The average Bonchev–Trinajstić information content (AvgIpc) is 2.32. The molecular formula is C14H26N2O3. The lowest BCUT2D eigenvalue weighted by Crippen LogP contribution is -2.61. The zero-order valence-electron chi connectivity index (χ0n) is 12.4. The molecule has 0 aromatic carbocycles. The van der Waals surface area contributed by atoms with E-state index >= 15 is 0 Å². The van der Waals surface area contributed by atoms with Crippen LogP contribution in [0, 0.1) is 5.92 Å². The van der Waals surface area contributed by atoms with Gasteiger partial charge in [0.25, 0.3) is 0 Å². The van der Waals surface area contributed by atoms with Gasteiger partial charge in [-0.25, -0.2) is 0 Å². The SMILES string of the molecule is CCCC(COC)N1CC(=O)NC(CC(C)C)C1=O. The van der Waals surface area contributed by atoms with Gasteiger partial charge >= 0.3 is 0 Å². The van der Waals surface area contributed by atoms with Crippen molar-refractivity contribution in [3.05, 3.63) is 0 Å². The third kappa shape index (κ3) is 4.49. The average molecular weight is 270 g/mol. The standard InChI is InChI=1S/C14H26N2O3/c1-5-6-11(9-19-4)16-8-13(17)15-12(14(16)18)7-10(2)3/h10-12H,5-9H2,1-4H3,(H,15,17). The van der Waals surface area contributed by atoms with Gasteiger partial charge in [0.1, 0.15) is 6.04 Å². The fourth-order valence-electron chi connectivity index (χ4n) is 2.53. The zero-order valence-corrected chi connectivity index (χ0v) is 12.4. The molecule has 0 aromatic heterocycles. The molecule has 1 aliphatic rings. The molecule has 5 nitrogen and oxygen atoms in total. The second-order valence-electron chi connectivity index (χ2n) is 5.61. The van der Waals surface area contributed by atoms with E-state index in [1.807, 2.05) is 0 Å². The molecule has 0 saturated carbocycles. The molecule has 110 valence electrons. The number of ether oxygens (including phenoxy) is 1. The lowest BCUT2D eigenvalue weighted by molar-refractivity contribution is -0.148. The van der Waals surface area contributed by atoms with Gasteiger partial charge in [0, 0.05) is 7.11 Å². The van der Waals surface area contributed by atoms with Crippen LogP contribution in [0.1, 0.15) is 40.0 Å². The lowest BCUT2D eigenvalue weighted by Gasteiger charge is -2.38. The maximum Gasteiger partial charge on any atom is 0.245 e. The highest BCUT2D eigenvalue weighted by atomic mass is 16.5. The summed E-state index contributed by atoms with van der Waals surface area (Å²) in [6, 6.07) is -0.374. The predicted molar refractivity (Wildman–Crippen MR) is 73.7 cm³/mol. The summed E-state index contributed by atoms with van der Waals surface area (Å²) >= 11 is 0. The fraction of sp³-hybridized carbons (Fsp3) is 0.857. The Morgan fingerprint density at radius 1 is 1.42 bits per heavy atom. The zero-order chi connectivity index (χ0) is 14.4. The Balaban J connectivity index is 2.79. The summed E-state index contributed by atoms with van der Waals surface area (Å²) in [5, 5.41) is 2.80. The molecule has 1 heterocycles. The fourth-order valence-corrected chi connectivity index (χ4v) is 2.53. The minimum absolute atomic E-state index is 0.00297. The molecule has 1 saturated heterocycles. The molecule has 5 heteroatoms. The normalized spacial score (nSPS) is 21.7. The van der Waals surface area contributed by atoms with Gasteiger partial charge in [0.15, 0.2) is 0 Å². The van der Waals surface area contributed by atoms with Gasteiger partial charge in [0.2, 0.25) is 11.8 Å². The Labute approximate surface area is 115 Å². The second-order valence-corrected chi connectivity index (χ2v) is 5.61. The maximum atomic E-state index is 12.5. The van der Waals surface area contributed by atoms with E-state index in [1.165, 1.54) is 0 Å². The van der Waals surface area contributed by atoms with Gasteiger partial charge in [-0.1, -0.05) is 27.2 Å². The number of rotatable bonds is 7. The Kier molecular flexibility index (Phi) is 6.28. The van der Waals surface area contributed by atoms with Gasteiger partial charge in [-0.05, 0) is 18.8 Å². The number of piperazine rings is 1. The van der Waals surface area contributed by atoms with Crippen LogP contribution in [0.4, 0.5) is 0 Å². The molecule has 0 bridgehead atoms. The summed E-state index contributed by atoms with van der Waals surface area (Å²) in [6.07, 6.45) is 2.52. The van der Waals surface area contributed by atoms with Gasteiger partial charge < -0.3 is 15.0 Å². The van der Waals surface area contributed by atoms with Crippen LogP contribution in [0.2, 0.25) is 0 Å². The van der Waals surface area contributed by atoms with E-state index in [4.69, 9.17) is 4.74 Å². The molecule has 0 radical (unpaired) electrons. The molecule has 2 unspecified atom stereocenters. The number of methoxy groups -OCH3 is 1. The van der Waals surface area contributed by atoms with Crippen LogP contribution in [0.5, 0.6) is 0 Å². The van der Waals surface area contributed by atoms with E-state index in [1.54, 1.807) is 12.0 Å². The summed E-state index contributed by atoms with van der Waals surface area (Å²) in [5.74, 6) is 0.340. The van der Waals surface area contributed by atoms with Crippen LogP contribution in [0.3, 0.4) is 0 Å². The highest BCUT2D eigenvalue weighted by Crippen LogP contribution is 2.16. The predicted octanol–water partition coefficient (Wildman–Crippen LogP) is 1.17. The van der Waals surface area contributed by atoms with Gasteiger partial charge in [-0.2, -0.15) is 0 Å². The largest absolute Gasteiger partial charge is 0.383 e. The molecule has 0 aromatic rings. The summed E-state index contributed by atoms with van der Waals surface area (Å²) in [7, 11) is 1.63. The Bertz CT molecular complexity index is 312. The molecule has 1 aliphatic heterocycles. The number of amides is 2. The molecule has 1 fully saturated rings. The number of carbonyl (C=O) groups excluding carboxylic acids is 2. The number of carbonyl (C=O) groups is 2. The highest BCUT2D eigenvalue weighted by molar-refractivity contribution is 5.95. The summed E-state index contributed by atoms with van der Waals surface area (Å²) in [6.45, 7) is 6.82. The van der Waals surface area contributed by atoms with Crippen molar-refractivity contribution in [3.63, 3.8) is 0 Å². The smallest absolute Gasteiger partial charge is 0.245 e. The van der Waals surface area contributed by atoms with E-state index < -0.39 is 0 Å². The van der Waals surface area contributed by atoms with E-state index in [0.29, 0.717) is 18.9 Å². The van der Waals surface area contributed by atoms with Crippen LogP contribution in [-0.2, 0) is 14.3 Å². The first-order chi connectivity index (χ1) is 8.99. The molecule has 2 amide bonds. The number of nitrogens with one attached hydrogen (secondary N) is 1. The number of nitrogens with zero attached hydrogens (tertiary/aromatic N) is 1. The van der Waals surface area contributed by atoms with E-state index in [2.05, 4.69) is 26.1 Å². The number of hydrogen-bond acceptors (Lipinski definition) is 3. The minimum Gasteiger partial charge on any atom is -0.383 e. The molecule has 1 rings (SSSR count). The van der Waals surface area contributed by atoms with Crippen LogP contribution in [0.15, 0.2) is 0 Å². The molecular weight excluding hydrogens is 244 g/mol. The van der Waals surface area contributed by atoms with Gasteiger partial charge in [-0.15, -0.1) is 0 Å². The Hall–Kier alpha value is -1.10. The van der Waals surface area contributed by atoms with E-state index in [0.717, 1.165) is 12.8 Å². The van der Waals surface area contributed by atoms with Crippen molar-refractivity contribution in [2.24, 2.45) is 5.92 Å². The Morgan fingerprint density at radius 2 is 2.11 bits per heavy atom. The van der Waals surface area contributed by atoms with Crippen molar-refractivity contribution in [1.82, 2.24) is 10.2 Å². The molecule has 1 N–H and O–H groups in total. The summed E-state index contributed by atoms with van der Waals surface area (Å²) in [5.41, 5.74) is 0. The molecule has 0 spiro atoms. The van der Waals surface area contributed by atoms with Crippen molar-refractivity contribution in [2.45, 2.75) is 52.1 Å². The van der Waals surface area contributed by atoms with Crippen LogP contribution >= 0.6 is 0 Å². The third-order valence-corrected chi connectivity index (χ3v) is 3.36. The second kappa shape index (κ2) is 7.48. The molecule has 0 aliphatic carbocycles. The maximum absolute atomic E-state index is 12.5. The summed E-state index contributed by atoms with van der Waals surface area (Å²) < 4.78 is 5.18. The summed E-state index contributed by atoms with van der Waals surface area (Å²) in [4.78, 5) is 25.9. The van der Waals surface area contributed by atoms with Crippen LogP contribution in [-0.4, -0.2) is 49.1 Å². The minimum atomic E-state index is -0.377. The van der Waals surface area contributed by atoms with Crippen LogP contribution in [0.25, 0.3) is 0 Å². The Morgan fingerprint density at radius 3 is 2.63 bits per heavy atom. The number of hydrogen-bond donors (Lipinski definition) is 1. The van der Waals surface area contributed by atoms with Crippen LogP contribution < -0.4 is 5.32 Å². The van der Waals surface area contributed by atoms with E-state index in [-0.39, 0.29) is 30.4 Å². The quantitative estimate of drug-likeness (QED) is 0.755. The molecule has 19 heavy (non-hydrogen) atoms. The van der Waals surface area contributed by atoms with Crippen molar-refractivity contribution < 1.29 is 14.3 Å². The topological polar surface area (TPSA) is 58.6 Å². The third-order valence-electron chi connectivity index (χ3n) is 3.36. The van der Waals surface area contributed by atoms with Gasteiger partial charge in [0.05, 0.1) is 19.2 Å². The first-order valence-electron chi connectivity index (χ1n) is 7.08.